The number of urea groups is 1. The molecule has 0 radical (unpaired) electrons. The third-order valence-electron chi connectivity index (χ3n) is 5.00. The van der Waals surface area contributed by atoms with Gasteiger partial charge in [0.05, 0.1) is 0 Å². The SMILES string of the molecule is CCNC(=O)N1CCC[C@H](c2cccc(C(=O)NCc3cccc(F)c3)c2)C1. The largest absolute Gasteiger partial charge is 0.348 e. The molecule has 2 aromatic rings. The third kappa shape index (κ3) is 5.09. The Morgan fingerprint density at radius 1 is 1.14 bits per heavy atom. The molecule has 0 aromatic heterocycles. The number of carbonyl (C=O) groups is 2. The average Bonchev–Trinajstić information content (AvgIpc) is 2.72. The van der Waals surface area contributed by atoms with Crippen molar-refractivity contribution in [3.8, 4) is 0 Å². The monoisotopic (exact) mass is 383 g/mol. The predicted octanol–water partition coefficient (Wildman–Crippen LogP) is 3.66. The molecule has 1 aliphatic heterocycles. The van der Waals surface area contributed by atoms with Crippen molar-refractivity contribution >= 4 is 11.9 Å². The van der Waals surface area contributed by atoms with Gasteiger partial charge in [0, 0.05) is 37.7 Å². The molecule has 148 valence electrons. The molecule has 3 rings (SSSR count). The first kappa shape index (κ1) is 19.9. The average molecular weight is 383 g/mol. The van der Waals surface area contributed by atoms with Gasteiger partial charge in [-0.1, -0.05) is 24.3 Å². The summed E-state index contributed by atoms with van der Waals surface area (Å²) in [7, 11) is 0. The van der Waals surface area contributed by atoms with E-state index in [0.717, 1.165) is 30.5 Å². The van der Waals surface area contributed by atoms with Crippen LogP contribution in [0.2, 0.25) is 0 Å². The van der Waals surface area contributed by atoms with Gasteiger partial charge in [-0.2, -0.15) is 0 Å². The maximum atomic E-state index is 13.3. The second-order valence-corrected chi connectivity index (χ2v) is 7.06. The van der Waals surface area contributed by atoms with Crippen LogP contribution in [0.15, 0.2) is 48.5 Å². The Labute approximate surface area is 164 Å². The second-order valence-electron chi connectivity index (χ2n) is 7.06. The summed E-state index contributed by atoms with van der Waals surface area (Å²) in [5.74, 6) is -0.294. The summed E-state index contributed by atoms with van der Waals surface area (Å²) in [6, 6.07) is 13.7. The summed E-state index contributed by atoms with van der Waals surface area (Å²) in [6.45, 7) is 4.21. The van der Waals surface area contributed by atoms with Crippen LogP contribution < -0.4 is 10.6 Å². The Hall–Kier alpha value is -2.89. The van der Waals surface area contributed by atoms with Crippen molar-refractivity contribution in [3.63, 3.8) is 0 Å². The van der Waals surface area contributed by atoms with Crippen molar-refractivity contribution in [3.05, 3.63) is 71.0 Å². The molecule has 0 spiro atoms. The molecular weight excluding hydrogens is 357 g/mol. The quantitative estimate of drug-likeness (QED) is 0.828. The smallest absolute Gasteiger partial charge is 0.317 e. The zero-order valence-corrected chi connectivity index (χ0v) is 16.1. The first-order chi connectivity index (χ1) is 13.6. The number of amides is 3. The van der Waals surface area contributed by atoms with Gasteiger partial charge in [-0.15, -0.1) is 0 Å². The molecule has 0 saturated carbocycles. The van der Waals surface area contributed by atoms with Crippen molar-refractivity contribution < 1.29 is 14.0 Å². The lowest BCUT2D eigenvalue weighted by atomic mass is 9.89. The summed E-state index contributed by atoms with van der Waals surface area (Å²) in [6.07, 6.45) is 1.93. The number of nitrogens with one attached hydrogen (secondary N) is 2. The summed E-state index contributed by atoms with van der Waals surface area (Å²) in [5, 5.41) is 5.69. The number of piperidine rings is 1. The Balaban J connectivity index is 1.64. The molecule has 0 bridgehead atoms. The van der Waals surface area contributed by atoms with Crippen LogP contribution in [0.4, 0.5) is 9.18 Å². The molecular formula is C22H26FN3O2. The number of halogens is 1. The van der Waals surface area contributed by atoms with Crippen LogP contribution in [0, 0.1) is 5.82 Å². The molecule has 28 heavy (non-hydrogen) atoms. The van der Waals surface area contributed by atoms with E-state index >= 15 is 0 Å². The summed E-state index contributed by atoms with van der Waals surface area (Å²) >= 11 is 0. The zero-order chi connectivity index (χ0) is 19.9. The van der Waals surface area contributed by atoms with Crippen molar-refractivity contribution in [2.45, 2.75) is 32.2 Å². The van der Waals surface area contributed by atoms with E-state index in [4.69, 9.17) is 0 Å². The lowest BCUT2D eigenvalue weighted by Gasteiger charge is -2.33. The molecule has 2 aromatic carbocycles. The number of nitrogens with zero attached hydrogens (tertiary/aromatic N) is 1. The normalized spacial score (nSPS) is 16.5. The number of hydrogen-bond donors (Lipinski definition) is 2. The van der Waals surface area contributed by atoms with E-state index < -0.39 is 0 Å². The number of likely N-dealkylation sites (tertiary alicyclic amines) is 1. The first-order valence-electron chi connectivity index (χ1n) is 9.72. The molecule has 1 atom stereocenters. The van der Waals surface area contributed by atoms with Crippen molar-refractivity contribution in [1.82, 2.24) is 15.5 Å². The van der Waals surface area contributed by atoms with E-state index in [1.54, 1.807) is 18.2 Å². The topological polar surface area (TPSA) is 61.4 Å². The highest BCUT2D eigenvalue weighted by Gasteiger charge is 2.24. The van der Waals surface area contributed by atoms with E-state index in [1.807, 2.05) is 30.0 Å². The van der Waals surface area contributed by atoms with Crippen LogP contribution in [0.1, 0.15) is 47.2 Å². The van der Waals surface area contributed by atoms with E-state index in [1.165, 1.54) is 12.1 Å². The molecule has 1 saturated heterocycles. The minimum Gasteiger partial charge on any atom is -0.348 e. The Kier molecular flexibility index (Phi) is 6.63. The number of rotatable bonds is 5. The van der Waals surface area contributed by atoms with Crippen LogP contribution in [0.5, 0.6) is 0 Å². The Morgan fingerprint density at radius 2 is 1.96 bits per heavy atom. The number of hydrogen-bond acceptors (Lipinski definition) is 2. The fourth-order valence-electron chi connectivity index (χ4n) is 3.56. The van der Waals surface area contributed by atoms with Crippen LogP contribution >= 0.6 is 0 Å². The number of benzene rings is 2. The van der Waals surface area contributed by atoms with Crippen molar-refractivity contribution in [2.75, 3.05) is 19.6 Å². The minimum absolute atomic E-state index is 0.0313. The molecule has 6 heteroatoms. The Bertz CT molecular complexity index is 840. The van der Waals surface area contributed by atoms with Gasteiger partial charge in [0.15, 0.2) is 0 Å². The van der Waals surface area contributed by atoms with Gasteiger partial charge >= 0.3 is 6.03 Å². The highest BCUT2D eigenvalue weighted by molar-refractivity contribution is 5.94. The maximum Gasteiger partial charge on any atom is 0.317 e. The highest BCUT2D eigenvalue weighted by Crippen LogP contribution is 2.27. The predicted molar refractivity (Wildman–Crippen MR) is 107 cm³/mol. The molecule has 0 aliphatic carbocycles. The zero-order valence-electron chi connectivity index (χ0n) is 16.1. The lowest BCUT2D eigenvalue weighted by Crippen LogP contribution is -2.44. The third-order valence-corrected chi connectivity index (χ3v) is 5.00. The fourth-order valence-corrected chi connectivity index (χ4v) is 3.56. The van der Waals surface area contributed by atoms with Crippen LogP contribution in [0.3, 0.4) is 0 Å². The standard InChI is InChI=1S/C22H26FN3O2/c1-2-24-22(28)26-11-5-9-19(15-26)17-7-4-8-18(13-17)21(27)25-14-16-6-3-10-20(23)12-16/h3-4,6-8,10,12-13,19H,2,5,9,11,14-15H2,1H3,(H,24,28)(H,25,27)/t19-/m0/s1. The van der Waals surface area contributed by atoms with E-state index in [0.29, 0.717) is 18.7 Å². The van der Waals surface area contributed by atoms with Crippen LogP contribution in [-0.4, -0.2) is 36.5 Å². The van der Waals surface area contributed by atoms with Gasteiger partial charge in [0.2, 0.25) is 0 Å². The highest BCUT2D eigenvalue weighted by atomic mass is 19.1. The van der Waals surface area contributed by atoms with E-state index in [-0.39, 0.29) is 30.2 Å². The minimum atomic E-state index is -0.317. The lowest BCUT2D eigenvalue weighted by molar-refractivity contribution is 0.0950. The molecule has 1 aliphatic rings. The van der Waals surface area contributed by atoms with Gasteiger partial charge < -0.3 is 15.5 Å². The molecule has 0 unspecified atom stereocenters. The summed E-state index contributed by atoms with van der Waals surface area (Å²) < 4.78 is 13.3. The van der Waals surface area contributed by atoms with Gasteiger partial charge in [0.1, 0.15) is 5.82 Å². The van der Waals surface area contributed by atoms with Gasteiger partial charge in [-0.05, 0) is 55.2 Å². The van der Waals surface area contributed by atoms with Crippen LogP contribution in [0.25, 0.3) is 0 Å². The van der Waals surface area contributed by atoms with Crippen molar-refractivity contribution in [2.24, 2.45) is 0 Å². The number of carbonyl (C=O) groups excluding carboxylic acids is 2. The fraction of sp³-hybridized carbons (Fsp3) is 0.364. The van der Waals surface area contributed by atoms with Crippen LogP contribution in [-0.2, 0) is 6.54 Å². The molecule has 1 heterocycles. The summed E-state index contributed by atoms with van der Waals surface area (Å²) in [4.78, 5) is 26.5. The van der Waals surface area contributed by atoms with E-state index in [2.05, 4.69) is 10.6 Å². The van der Waals surface area contributed by atoms with Crippen molar-refractivity contribution in [1.29, 1.82) is 0 Å². The first-order valence-corrected chi connectivity index (χ1v) is 9.72. The maximum absolute atomic E-state index is 13.3. The summed E-state index contributed by atoms with van der Waals surface area (Å²) in [5.41, 5.74) is 2.35. The van der Waals surface area contributed by atoms with E-state index in [9.17, 15) is 14.0 Å². The molecule has 5 nitrogen and oxygen atoms in total. The molecule has 2 N–H and O–H groups in total. The van der Waals surface area contributed by atoms with Gasteiger partial charge in [-0.3, -0.25) is 4.79 Å². The second kappa shape index (κ2) is 9.35. The molecule has 3 amide bonds. The van der Waals surface area contributed by atoms with Gasteiger partial charge in [-0.25, -0.2) is 9.18 Å². The Morgan fingerprint density at radius 3 is 2.75 bits per heavy atom. The van der Waals surface area contributed by atoms with Gasteiger partial charge in [0.25, 0.3) is 5.91 Å². The molecule has 1 fully saturated rings.